The van der Waals surface area contributed by atoms with Gasteiger partial charge in [0, 0.05) is 38.1 Å². The maximum Gasteiger partial charge on any atom is 0.263 e. The molecular formula is C17H20F2N4O3S. The van der Waals surface area contributed by atoms with E-state index in [2.05, 4.69) is 10.4 Å². The number of nitrogens with one attached hydrogen (secondary N) is 1. The third-order valence-electron chi connectivity index (χ3n) is 4.37. The van der Waals surface area contributed by atoms with Gasteiger partial charge in [-0.15, -0.1) is 0 Å². The SMILES string of the molecule is Cn1cc(C(=O)Nc2ccc(F)c(F)c2)c(S(=O)(=O)N2CCCCCC2)n1. The average Bonchev–Trinajstić information content (AvgIpc) is 2.83. The number of aromatic nitrogens is 2. The first kappa shape index (κ1) is 19.4. The largest absolute Gasteiger partial charge is 0.322 e. The molecule has 0 radical (unpaired) electrons. The molecule has 1 N–H and O–H groups in total. The minimum atomic E-state index is -3.94. The Morgan fingerprint density at radius 3 is 2.41 bits per heavy atom. The number of halogens is 2. The summed E-state index contributed by atoms with van der Waals surface area (Å²) >= 11 is 0. The number of nitrogens with zero attached hydrogens (tertiary/aromatic N) is 3. The molecule has 27 heavy (non-hydrogen) atoms. The number of anilines is 1. The number of amides is 1. The second kappa shape index (κ2) is 7.73. The highest BCUT2D eigenvalue weighted by molar-refractivity contribution is 7.89. The number of aryl methyl sites for hydroxylation is 1. The number of carbonyl (C=O) groups excluding carboxylic acids is 1. The molecule has 2 aromatic rings. The van der Waals surface area contributed by atoms with Gasteiger partial charge in [0.15, 0.2) is 11.6 Å². The van der Waals surface area contributed by atoms with Crippen molar-refractivity contribution in [3.8, 4) is 0 Å². The molecule has 0 unspecified atom stereocenters. The molecule has 146 valence electrons. The van der Waals surface area contributed by atoms with Crippen molar-refractivity contribution in [1.29, 1.82) is 0 Å². The van der Waals surface area contributed by atoms with Crippen LogP contribution in [0.2, 0.25) is 0 Å². The molecule has 0 bridgehead atoms. The summed E-state index contributed by atoms with van der Waals surface area (Å²) in [5, 5.41) is 6.02. The molecular weight excluding hydrogens is 378 g/mol. The van der Waals surface area contributed by atoms with Crippen molar-refractivity contribution in [1.82, 2.24) is 14.1 Å². The number of sulfonamides is 1. The molecule has 1 aliphatic rings. The van der Waals surface area contributed by atoms with Crippen LogP contribution in [0.1, 0.15) is 36.0 Å². The molecule has 0 spiro atoms. The van der Waals surface area contributed by atoms with Gasteiger partial charge in [-0.25, -0.2) is 17.2 Å². The third-order valence-corrected chi connectivity index (χ3v) is 6.20. The van der Waals surface area contributed by atoms with Crippen LogP contribution in [0.5, 0.6) is 0 Å². The predicted octanol–water partition coefficient (Wildman–Crippen LogP) is 2.52. The van der Waals surface area contributed by atoms with E-state index in [1.807, 2.05) is 0 Å². The predicted molar refractivity (Wildman–Crippen MR) is 94.7 cm³/mol. The van der Waals surface area contributed by atoms with Crippen LogP contribution in [0.25, 0.3) is 0 Å². The van der Waals surface area contributed by atoms with Crippen molar-refractivity contribution in [2.45, 2.75) is 30.7 Å². The third kappa shape index (κ3) is 4.16. The Morgan fingerprint density at radius 1 is 1.11 bits per heavy atom. The Labute approximate surface area is 156 Å². The van der Waals surface area contributed by atoms with E-state index >= 15 is 0 Å². The summed E-state index contributed by atoms with van der Waals surface area (Å²) in [6.07, 6.45) is 4.71. The minimum Gasteiger partial charge on any atom is -0.322 e. The molecule has 1 aliphatic heterocycles. The van der Waals surface area contributed by atoms with Crippen molar-refractivity contribution >= 4 is 21.6 Å². The highest BCUT2D eigenvalue weighted by Crippen LogP contribution is 2.23. The van der Waals surface area contributed by atoms with Crippen molar-refractivity contribution in [3.05, 3.63) is 41.6 Å². The highest BCUT2D eigenvalue weighted by atomic mass is 32.2. The van der Waals surface area contributed by atoms with Crippen molar-refractivity contribution in [3.63, 3.8) is 0 Å². The van der Waals surface area contributed by atoms with Crippen LogP contribution in [0.15, 0.2) is 29.4 Å². The zero-order chi connectivity index (χ0) is 19.6. The zero-order valence-corrected chi connectivity index (χ0v) is 15.6. The van der Waals surface area contributed by atoms with Crippen molar-refractivity contribution < 1.29 is 22.0 Å². The van der Waals surface area contributed by atoms with E-state index in [-0.39, 0.29) is 16.3 Å². The van der Waals surface area contributed by atoms with Crippen LogP contribution in [-0.4, -0.2) is 41.5 Å². The summed E-state index contributed by atoms with van der Waals surface area (Å²) in [5.41, 5.74) is -0.132. The standard InChI is InChI=1S/C17H20F2N4O3S/c1-22-11-13(16(24)20-12-6-7-14(18)15(19)10-12)17(21-22)27(25,26)23-8-4-2-3-5-9-23/h6-7,10-11H,2-5,8-9H2,1H3,(H,20,24). The molecule has 1 saturated heterocycles. The Morgan fingerprint density at radius 2 is 1.78 bits per heavy atom. The van der Waals surface area contributed by atoms with Gasteiger partial charge in [-0.3, -0.25) is 9.48 Å². The number of carbonyl (C=O) groups is 1. The second-order valence-electron chi connectivity index (χ2n) is 6.42. The minimum absolute atomic E-state index is 0.0147. The Balaban J connectivity index is 1.90. The molecule has 1 aromatic carbocycles. The lowest BCUT2D eigenvalue weighted by molar-refractivity contribution is 0.102. The van der Waals surface area contributed by atoms with E-state index < -0.39 is 27.6 Å². The van der Waals surface area contributed by atoms with Crippen LogP contribution < -0.4 is 5.32 Å². The number of benzene rings is 1. The van der Waals surface area contributed by atoms with Gasteiger partial charge in [0.25, 0.3) is 15.9 Å². The Hall–Kier alpha value is -2.33. The smallest absolute Gasteiger partial charge is 0.263 e. The fourth-order valence-corrected chi connectivity index (χ4v) is 4.63. The summed E-state index contributed by atoms with van der Waals surface area (Å²) in [6, 6.07) is 2.89. The summed E-state index contributed by atoms with van der Waals surface area (Å²) in [7, 11) is -2.43. The molecule has 3 rings (SSSR count). The topological polar surface area (TPSA) is 84.3 Å². The maximum atomic E-state index is 13.3. The van der Waals surface area contributed by atoms with Gasteiger partial charge < -0.3 is 5.32 Å². The summed E-state index contributed by atoms with van der Waals surface area (Å²) in [5.74, 6) is -2.92. The quantitative estimate of drug-likeness (QED) is 0.858. The Bertz CT molecular complexity index is 951. The van der Waals surface area contributed by atoms with Gasteiger partial charge in [-0.2, -0.15) is 9.40 Å². The van der Waals surface area contributed by atoms with E-state index in [0.717, 1.165) is 37.8 Å². The molecule has 1 amide bonds. The molecule has 0 saturated carbocycles. The number of hydrogen-bond donors (Lipinski definition) is 1. The van der Waals surface area contributed by atoms with Gasteiger partial charge in [0.1, 0.15) is 0 Å². The fraction of sp³-hybridized carbons (Fsp3) is 0.412. The molecule has 2 heterocycles. The lowest BCUT2D eigenvalue weighted by Crippen LogP contribution is -2.33. The molecule has 0 atom stereocenters. The first-order chi connectivity index (χ1) is 12.8. The van der Waals surface area contributed by atoms with Crippen LogP contribution in [0.4, 0.5) is 14.5 Å². The van der Waals surface area contributed by atoms with Gasteiger partial charge in [0.05, 0.1) is 5.56 Å². The van der Waals surface area contributed by atoms with E-state index in [9.17, 15) is 22.0 Å². The lowest BCUT2D eigenvalue weighted by Gasteiger charge is -2.19. The highest BCUT2D eigenvalue weighted by Gasteiger charge is 2.32. The van der Waals surface area contributed by atoms with Crippen LogP contribution in [0, 0.1) is 11.6 Å². The molecule has 1 aromatic heterocycles. The van der Waals surface area contributed by atoms with E-state index in [4.69, 9.17) is 0 Å². The zero-order valence-electron chi connectivity index (χ0n) is 14.8. The summed E-state index contributed by atoms with van der Waals surface area (Å²) in [6.45, 7) is 0.756. The Kier molecular flexibility index (Phi) is 5.56. The number of hydrogen-bond acceptors (Lipinski definition) is 4. The van der Waals surface area contributed by atoms with Crippen molar-refractivity contribution in [2.24, 2.45) is 7.05 Å². The molecule has 1 fully saturated rings. The first-order valence-electron chi connectivity index (χ1n) is 8.59. The van der Waals surface area contributed by atoms with Crippen LogP contribution in [-0.2, 0) is 17.1 Å². The average molecular weight is 398 g/mol. The molecule has 7 nitrogen and oxygen atoms in total. The van der Waals surface area contributed by atoms with Crippen LogP contribution >= 0.6 is 0 Å². The van der Waals surface area contributed by atoms with Crippen LogP contribution in [0.3, 0.4) is 0 Å². The normalized spacial score (nSPS) is 16.1. The van der Waals surface area contributed by atoms with Gasteiger partial charge in [-0.05, 0) is 25.0 Å². The van der Waals surface area contributed by atoms with Gasteiger partial charge in [0.2, 0.25) is 5.03 Å². The van der Waals surface area contributed by atoms with Gasteiger partial charge in [-0.1, -0.05) is 12.8 Å². The summed E-state index contributed by atoms with van der Waals surface area (Å²) in [4.78, 5) is 12.6. The van der Waals surface area contributed by atoms with E-state index in [1.54, 1.807) is 0 Å². The van der Waals surface area contributed by atoms with Gasteiger partial charge >= 0.3 is 0 Å². The first-order valence-corrected chi connectivity index (χ1v) is 10.0. The second-order valence-corrected chi connectivity index (χ2v) is 8.28. The molecule has 0 aliphatic carbocycles. The lowest BCUT2D eigenvalue weighted by atomic mass is 10.2. The monoisotopic (exact) mass is 398 g/mol. The van der Waals surface area contributed by atoms with E-state index in [0.29, 0.717) is 13.1 Å². The fourth-order valence-electron chi connectivity index (χ4n) is 2.99. The van der Waals surface area contributed by atoms with Crippen molar-refractivity contribution in [2.75, 3.05) is 18.4 Å². The van der Waals surface area contributed by atoms with E-state index in [1.165, 1.54) is 28.3 Å². The number of rotatable bonds is 4. The molecule has 10 heteroatoms. The maximum absolute atomic E-state index is 13.3. The summed E-state index contributed by atoms with van der Waals surface area (Å²) < 4.78 is 54.9.